The van der Waals surface area contributed by atoms with E-state index in [-0.39, 0.29) is 6.79 Å². The Morgan fingerprint density at radius 1 is 1.04 bits per heavy atom. The third-order valence-electron chi connectivity index (χ3n) is 4.46. The van der Waals surface area contributed by atoms with Gasteiger partial charge in [-0.3, -0.25) is 5.01 Å². The van der Waals surface area contributed by atoms with E-state index in [4.69, 9.17) is 14.6 Å². The summed E-state index contributed by atoms with van der Waals surface area (Å²) in [4.78, 5) is 0. The zero-order valence-corrected chi connectivity index (χ0v) is 16.6. The maximum Gasteiger partial charge on any atom is 0.188 e. The van der Waals surface area contributed by atoms with Crippen LogP contribution in [0.25, 0.3) is 0 Å². The first kappa shape index (κ1) is 18.9. The van der Waals surface area contributed by atoms with Crippen LogP contribution >= 0.6 is 8.58 Å². The van der Waals surface area contributed by atoms with Crippen molar-refractivity contribution >= 4 is 25.4 Å². The van der Waals surface area contributed by atoms with E-state index in [1.165, 1.54) is 35.4 Å². The van der Waals surface area contributed by atoms with Crippen molar-refractivity contribution in [1.29, 1.82) is 0 Å². The Bertz CT molecular complexity index is 743. The van der Waals surface area contributed by atoms with Crippen LogP contribution in [0.2, 0.25) is 0 Å². The van der Waals surface area contributed by atoms with Gasteiger partial charge in [0, 0.05) is 31.1 Å². The topological polar surface area (TPSA) is 34.1 Å². The van der Waals surface area contributed by atoms with Crippen molar-refractivity contribution in [2.75, 3.05) is 27.0 Å². The Balaban J connectivity index is 1.80. The highest BCUT2D eigenvalue weighted by Crippen LogP contribution is 2.24. The Morgan fingerprint density at radius 3 is 2.62 bits per heavy atom. The summed E-state index contributed by atoms with van der Waals surface area (Å²) < 4.78 is 10.9. The molecule has 3 rings (SSSR count). The first-order chi connectivity index (χ1) is 12.8. The van der Waals surface area contributed by atoms with E-state index in [0.717, 1.165) is 24.4 Å². The number of aryl methyl sites for hydroxylation is 1. The van der Waals surface area contributed by atoms with Crippen LogP contribution in [0, 0.1) is 6.92 Å². The zero-order valence-electron chi connectivity index (χ0n) is 15.6. The van der Waals surface area contributed by atoms with Crippen molar-refractivity contribution in [1.82, 2.24) is 5.01 Å². The van der Waals surface area contributed by atoms with Crippen LogP contribution in [0.5, 0.6) is 5.75 Å². The quantitative estimate of drug-likeness (QED) is 0.425. The molecular weight excluding hydrogens is 343 g/mol. The van der Waals surface area contributed by atoms with E-state index in [1.54, 1.807) is 7.11 Å². The number of rotatable bonds is 7. The highest BCUT2D eigenvalue weighted by atomic mass is 31.1. The molecule has 1 saturated heterocycles. The van der Waals surface area contributed by atoms with Crippen LogP contribution in [0.1, 0.15) is 30.4 Å². The van der Waals surface area contributed by atoms with Gasteiger partial charge >= 0.3 is 0 Å². The van der Waals surface area contributed by atoms with Gasteiger partial charge in [0.15, 0.2) is 6.79 Å². The summed E-state index contributed by atoms with van der Waals surface area (Å²) in [6, 6.07) is 14.8. The van der Waals surface area contributed by atoms with Crippen molar-refractivity contribution in [3.63, 3.8) is 0 Å². The molecule has 0 aliphatic carbocycles. The molecule has 5 heteroatoms. The summed E-state index contributed by atoms with van der Waals surface area (Å²) in [6.07, 6.45) is 5.81. The van der Waals surface area contributed by atoms with Crippen molar-refractivity contribution in [3.05, 3.63) is 53.6 Å². The molecule has 1 aliphatic heterocycles. The minimum atomic E-state index is 0.264. The summed E-state index contributed by atoms with van der Waals surface area (Å²) in [7, 11) is 2.16. The monoisotopic (exact) mass is 370 g/mol. The third-order valence-corrected chi connectivity index (χ3v) is 5.84. The van der Waals surface area contributed by atoms with E-state index in [2.05, 4.69) is 54.4 Å². The highest BCUT2D eigenvalue weighted by Gasteiger charge is 2.11. The van der Waals surface area contributed by atoms with Gasteiger partial charge in [-0.1, -0.05) is 51.0 Å². The summed E-state index contributed by atoms with van der Waals surface area (Å²) >= 11 is 0. The van der Waals surface area contributed by atoms with Crippen LogP contribution in [-0.4, -0.2) is 38.2 Å². The molecule has 138 valence electrons. The van der Waals surface area contributed by atoms with Gasteiger partial charge in [-0.2, -0.15) is 5.10 Å². The number of methoxy groups -OCH3 is 1. The van der Waals surface area contributed by atoms with E-state index < -0.39 is 0 Å². The van der Waals surface area contributed by atoms with E-state index in [9.17, 15) is 0 Å². The fourth-order valence-corrected chi connectivity index (χ4v) is 4.39. The predicted molar refractivity (Wildman–Crippen MR) is 111 cm³/mol. The largest absolute Gasteiger partial charge is 0.467 e. The molecule has 0 amide bonds. The molecule has 1 heterocycles. The number of ether oxygens (including phenoxy) is 2. The first-order valence-electron chi connectivity index (χ1n) is 9.14. The van der Waals surface area contributed by atoms with E-state index in [1.807, 2.05) is 6.21 Å². The van der Waals surface area contributed by atoms with Gasteiger partial charge in [-0.15, -0.1) is 0 Å². The van der Waals surface area contributed by atoms with Gasteiger partial charge in [-0.25, -0.2) is 0 Å². The molecule has 1 atom stereocenters. The number of para-hydroxylation sites is 1. The smallest absolute Gasteiger partial charge is 0.188 e. The van der Waals surface area contributed by atoms with Crippen LogP contribution in [-0.2, 0) is 4.74 Å². The lowest BCUT2D eigenvalue weighted by atomic mass is 10.2. The van der Waals surface area contributed by atoms with Gasteiger partial charge in [0.25, 0.3) is 0 Å². The normalized spacial score (nSPS) is 15.2. The van der Waals surface area contributed by atoms with Crippen molar-refractivity contribution in [2.24, 2.45) is 5.10 Å². The highest BCUT2D eigenvalue weighted by molar-refractivity contribution is 7.56. The zero-order chi connectivity index (χ0) is 18.2. The van der Waals surface area contributed by atoms with Gasteiger partial charge in [0.1, 0.15) is 5.75 Å². The molecule has 1 fully saturated rings. The molecular formula is C21H27N2O2P. The average Bonchev–Trinajstić information content (AvgIpc) is 2.68. The Morgan fingerprint density at radius 2 is 1.81 bits per heavy atom. The van der Waals surface area contributed by atoms with Gasteiger partial charge < -0.3 is 9.47 Å². The molecule has 0 N–H and O–H groups in total. The minimum absolute atomic E-state index is 0.264. The second-order valence-corrected chi connectivity index (χ2v) is 7.80. The maximum absolute atomic E-state index is 5.83. The van der Waals surface area contributed by atoms with Gasteiger partial charge in [0.2, 0.25) is 0 Å². The average molecular weight is 370 g/mol. The summed E-state index contributed by atoms with van der Waals surface area (Å²) in [5.41, 5.74) is 2.31. The molecule has 0 radical (unpaired) electrons. The molecule has 1 aliphatic rings. The van der Waals surface area contributed by atoms with Crippen LogP contribution in [0.15, 0.2) is 47.6 Å². The number of piperidine rings is 1. The lowest BCUT2D eigenvalue weighted by Gasteiger charge is -2.23. The number of nitrogens with zero attached hydrogens (tertiary/aromatic N) is 2. The third kappa shape index (κ3) is 5.06. The summed E-state index contributed by atoms with van der Waals surface area (Å²) in [6.45, 7) is 4.46. The Hall–Kier alpha value is -1.90. The maximum atomic E-state index is 5.83. The molecule has 26 heavy (non-hydrogen) atoms. The first-order valence-corrected chi connectivity index (χ1v) is 10.1. The number of hydrogen-bond donors (Lipinski definition) is 0. The minimum Gasteiger partial charge on any atom is -0.467 e. The van der Waals surface area contributed by atoms with Crippen molar-refractivity contribution < 1.29 is 9.47 Å². The van der Waals surface area contributed by atoms with Crippen LogP contribution in [0.4, 0.5) is 0 Å². The summed E-state index contributed by atoms with van der Waals surface area (Å²) in [5.74, 6) is 0.926. The number of benzene rings is 2. The molecule has 2 aromatic carbocycles. The summed E-state index contributed by atoms with van der Waals surface area (Å²) in [5, 5.41) is 9.36. The molecule has 0 aromatic heterocycles. The van der Waals surface area contributed by atoms with Crippen molar-refractivity contribution in [3.8, 4) is 5.75 Å². The lowest BCUT2D eigenvalue weighted by Crippen LogP contribution is -2.25. The van der Waals surface area contributed by atoms with Crippen LogP contribution in [0.3, 0.4) is 0 Å². The fourth-order valence-electron chi connectivity index (χ4n) is 3.07. The Kier molecular flexibility index (Phi) is 7.04. The number of hydrogen-bond acceptors (Lipinski definition) is 4. The Labute approximate surface area is 158 Å². The standard InChI is InChI=1S/C21H27N2O2P/c1-17-9-8-12-20(21(17)25-16-24-2)26-19-11-5-4-10-18(19)15-22-23-13-6-3-7-14-23/h4-5,8-12,15,26H,3,6-7,13-14,16H2,1-2H3/b22-15+. The van der Waals surface area contributed by atoms with Crippen molar-refractivity contribution in [2.45, 2.75) is 26.2 Å². The SMILES string of the molecule is COCOc1c(C)cccc1Pc1ccccc1/C=N/N1CCCCC1. The molecule has 0 spiro atoms. The second-order valence-electron chi connectivity index (χ2n) is 6.47. The fraction of sp³-hybridized carbons (Fsp3) is 0.381. The molecule has 1 unspecified atom stereocenters. The molecule has 4 nitrogen and oxygen atoms in total. The molecule has 0 bridgehead atoms. The number of hydrazone groups is 1. The van der Waals surface area contributed by atoms with Gasteiger partial charge in [0.05, 0.1) is 6.21 Å². The van der Waals surface area contributed by atoms with E-state index >= 15 is 0 Å². The molecule has 0 saturated carbocycles. The molecule has 2 aromatic rings. The predicted octanol–water partition coefficient (Wildman–Crippen LogP) is 3.43. The second kappa shape index (κ2) is 9.70. The van der Waals surface area contributed by atoms with Crippen LogP contribution < -0.4 is 15.3 Å². The lowest BCUT2D eigenvalue weighted by molar-refractivity contribution is 0.0514. The van der Waals surface area contributed by atoms with Gasteiger partial charge in [-0.05, 0) is 37.1 Å². The van der Waals surface area contributed by atoms with E-state index in [0.29, 0.717) is 8.58 Å².